The van der Waals surface area contributed by atoms with Gasteiger partial charge in [-0.15, -0.1) is 11.3 Å². The van der Waals surface area contributed by atoms with Crippen LogP contribution in [0.5, 0.6) is 0 Å². The number of amides is 3. The first-order valence-electron chi connectivity index (χ1n) is 13.2. The van der Waals surface area contributed by atoms with Gasteiger partial charge in [-0.05, 0) is 59.9 Å². The van der Waals surface area contributed by atoms with Crippen molar-refractivity contribution in [2.75, 3.05) is 24.6 Å². The molecular weight excluding hydrogens is 498 g/mol. The molecule has 0 spiro atoms. The molecule has 38 heavy (non-hydrogen) atoms. The average molecular weight is 534 g/mol. The summed E-state index contributed by atoms with van der Waals surface area (Å²) in [5.74, 6) is -0.625. The second-order valence-electron chi connectivity index (χ2n) is 9.52. The monoisotopic (exact) mass is 533 g/mol. The van der Waals surface area contributed by atoms with Crippen LogP contribution in [0.15, 0.2) is 72.1 Å². The van der Waals surface area contributed by atoms with E-state index >= 15 is 0 Å². The van der Waals surface area contributed by atoms with Gasteiger partial charge < -0.3 is 15.4 Å². The lowest BCUT2D eigenvalue weighted by Gasteiger charge is -2.32. The van der Waals surface area contributed by atoms with Crippen LogP contribution in [0.2, 0.25) is 0 Å². The highest BCUT2D eigenvalue weighted by atomic mass is 32.1. The number of carbonyl (C=O) groups is 3. The van der Waals surface area contributed by atoms with Gasteiger partial charge in [-0.3, -0.25) is 19.3 Å². The summed E-state index contributed by atoms with van der Waals surface area (Å²) in [6.45, 7) is 5.12. The topological polar surface area (TPSA) is 87.7 Å². The summed E-state index contributed by atoms with van der Waals surface area (Å²) < 4.78 is 5.69. The minimum Gasteiger partial charge on any atom is -0.376 e. The lowest BCUT2D eigenvalue weighted by molar-refractivity contribution is -0.126. The van der Waals surface area contributed by atoms with Crippen molar-refractivity contribution in [3.63, 3.8) is 0 Å². The van der Waals surface area contributed by atoms with Crippen LogP contribution < -0.4 is 15.5 Å². The van der Waals surface area contributed by atoms with Gasteiger partial charge in [-0.2, -0.15) is 0 Å². The molecule has 1 aromatic heterocycles. The van der Waals surface area contributed by atoms with E-state index < -0.39 is 6.04 Å². The summed E-state index contributed by atoms with van der Waals surface area (Å²) in [7, 11) is 0. The molecule has 1 saturated heterocycles. The van der Waals surface area contributed by atoms with Crippen LogP contribution in [0, 0.1) is 0 Å². The third-order valence-corrected chi connectivity index (χ3v) is 7.78. The van der Waals surface area contributed by atoms with Gasteiger partial charge >= 0.3 is 0 Å². The number of rotatable bonds is 11. The number of anilines is 1. The third-order valence-electron chi connectivity index (χ3n) is 6.92. The SMILES string of the molecule is CCC(C)c1ccc(N(C(=O)CNC(=O)c2cccs2)C(C(=O)NCC2CCCO2)c2ccccc2)cc1. The van der Waals surface area contributed by atoms with Crippen LogP contribution in [-0.4, -0.2) is 43.5 Å². The van der Waals surface area contributed by atoms with E-state index in [2.05, 4.69) is 24.5 Å². The van der Waals surface area contributed by atoms with Gasteiger partial charge in [-0.25, -0.2) is 0 Å². The fraction of sp³-hybridized carbons (Fsp3) is 0.367. The number of nitrogens with zero attached hydrogens (tertiary/aromatic N) is 1. The molecule has 2 aromatic carbocycles. The number of nitrogens with one attached hydrogen (secondary N) is 2. The maximum Gasteiger partial charge on any atom is 0.261 e. The molecule has 3 amide bonds. The number of ether oxygens (including phenoxy) is 1. The van der Waals surface area contributed by atoms with Crippen LogP contribution >= 0.6 is 11.3 Å². The van der Waals surface area contributed by atoms with E-state index in [1.807, 2.05) is 60.0 Å². The number of carbonyl (C=O) groups excluding carboxylic acids is 3. The Kier molecular flexibility index (Phi) is 9.67. The third kappa shape index (κ3) is 6.88. The summed E-state index contributed by atoms with van der Waals surface area (Å²) in [6, 6.07) is 19.6. The van der Waals surface area contributed by atoms with Gasteiger partial charge in [0.15, 0.2) is 0 Å². The molecule has 2 heterocycles. The Bertz CT molecular complexity index is 1190. The van der Waals surface area contributed by atoms with Crippen molar-refractivity contribution >= 4 is 34.7 Å². The molecule has 3 atom stereocenters. The van der Waals surface area contributed by atoms with Gasteiger partial charge in [-0.1, -0.05) is 62.4 Å². The summed E-state index contributed by atoms with van der Waals surface area (Å²) >= 11 is 1.31. The molecule has 2 N–H and O–H groups in total. The smallest absolute Gasteiger partial charge is 0.261 e. The van der Waals surface area contributed by atoms with Crippen molar-refractivity contribution in [1.82, 2.24) is 10.6 Å². The van der Waals surface area contributed by atoms with Crippen LogP contribution in [-0.2, 0) is 14.3 Å². The predicted octanol–water partition coefficient (Wildman–Crippen LogP) is 5.06. The first kappa shape index (κ1) is 27.5. The maximum absolute atomic E-state index is 13.8. The molecule has 3 unspecified atom stereocenters. The van der Waals surface area contributed by atoms with Crippen LogP contribution in [0.25, 0.3) is 0 Å². The Morgan fingerprint density at radius 1 is 1.00 bits per heavy atom. The molecule has 7 nitrogen and oxygen atoms in total. The van der Waals surface area contributed by atoms with Crippen molar-refractivity contribution in [3.8, 4) is 0 Å². The van der Waals surface area contributed by atoms with Crippen molar-refractivity contribution in [1.29, 1.82) is 0 Å². The van der Waals surface area contributed by atoms with Crippen LogP contribution in [0.4, 0.5) is 5.69 Å². The van der Waals surface area contributed by atoms with Crippen LogP contribution in [0.1, 0.15) is 65.9 Å². The maximum atomic E-state index is 13.8. The molecular formula is C30H35N3O4S. The molecule has 1 aliphatic rings. The van der Waals surface area contributed by atoms with Gasteiger partial charge in [0, 0.05) is 18.8 Å². The molecule has 1 fully saturated rings. The Balaban J connectivity index is 1.65. The molecule has 0 aliphatic carbocycles. The summed E-state index contributed by atoms with van der Waals surface area (Å²) in [5, 5.41) is 7.55. The van der Waals surface area contributed by atoms with Crippen molar-refractivity contribution < 1.29 is 19.1 Å². The van der Waals surface area contributed by atoms with E-state index in [9.17, 15) is 14.4 Å². The molecule has 3 aromatic rings. The van der Waals surface area contributed by atoms with Crippen LogP contribution in [0.3, 0.4) is 0 Å². The zero-order chi connectivity index (χ0) is 26.9. The van der Waals surface area contributed by atoms with E-state index in [4.69, 9.17) is 4.74 Å². The van der Waals surface area contributed by atoms with Gasteiger partial charge in [0.25, 0.3) is 5.91 Å². The lowest BCUT2D eigenvalue weighted by Crippen LogP contribution is -2.48. The number of thiophene rings is 1. The van der Waals surface area contributed by atoms with Crippen molar-refractivity contribution in [3.05, 3.63) is 88.1 Å². The normalized spacial score (nSPS) is 16.4. The standard InChI is InChI=1S/C30H35N3O4S/c1-3-21(2)22-13-15-24(16-14-22)33(27(34)20-32-29(35)26-12-8-18-38-26)28(23-9-5-4-6-10-23)30(36)31-19-25-11-7-17-37-25/h4-6,8-10,12-16,18,21,25,28H,3,7,11,17,19-20H2,1-2H3,(H,31,36)(H,32,35). The summed E-state index contributed by atoms with van der Waals surface area (Å²) in [6.07, 6.45) is 2.83. The molecule has 8 heteroatoms. The Morgan fingerprint density at radius 3 is 2.39 bits per heavy atom. The Morgan fingerprint density at radius 2 is 1.76 bits per heavy atom. The number of hydrogen-bond acceptors (Lipinski definition) is 5. The molecule has 0 bridgehead atoms. The molecule has 0 saturated carbocycles. The van der Waals surface area contributed by atoms with E-state index in [0.717, 1.165) is 24.8 Å². The fourth-order valence-electron chi connectivity index (χ4n) is 4.54. The zero-order valence-electron chi connectivity index (χ0n) is 21.9. The number of hydrogen-bond donors (Lipinski definition) is 2. The minimum atomic E-state index is -0.918. The molecule has 200 valence electrons. The predicted molar refractivity (Wildman–Crippen MR) is 150 cm³/mol. The summed E-state index contributed by atoms with van der Waals surface area (Å²) in [5.41, 5.74) is 2.43. The minimum absolute atomic E-state index is 0.0283. The number of benzene rings is 2. The zero-order valence-corrected chi connectivity index (χ0v) is 22.7. The van der Waals surface area contributed by atoms with Gasteiger partial charge in [0.2, 0.25) is 11.8 Å². The van der Waals surface area contributed by atoms with E-state index in [0.29, 0.717) is 35.2 Å². The summed E-state index contributed by atoms with van der Waals surface area (Å²) in [4.78, 5) is 42.1. The molecule has 1 aliphatic heterocycles. The van der Waals surface area contributed by atoms with E-state index in [-0.39, 0.29) is 30.4 Å². The molecule has 4 rings (SSSR count). The highest BCUT2D eigenvalue weighted by Gasteiger charge is 2.33. The average Bonchev–Trinajstić information content (AvgIpc) is 3.68. The Labute approximate surface area is 228 Å². The highest BCUT2D eigenvalue weighted by Crippen LogP contribution is 2.30. The fourth-order valence-corrected chi connectivity index (χ4v) is 5.18. The van der Waals surface area contributed by atoms with Crippen molar-refractivity contribution in [2.24, 2.45) is 0 Å². The van der Waals surface area contributed by atoms with Gasteiger partial charge in [0.1, 0.15) is 6.04 Å². The second-order valence-corrected chi connectivity index (χ2v) is 10.5. The van der Waals surface area contributed by atoms with E-state index in [1.165, 1.54) is 16.2 Å². The Hall–Kier alpha value is -3.49. The first-order chi connectivity index (χ1) is 18.5. The molecule has 0 radical (unpaired) electrons. The highest BCUT2D eigenvalue weighted by molar-refractivity contribution is 7.12. The first-order valence-corrected chi connectivity index (χ1v) is 14.0. The second kappa shape index (κ2) is 13.3. The largest absolute Gasteiger partial charge is 0.376 e. The van der Waals surface area contributed by atoms with Crippen molar-refractivity contribution in [2.45, 2.75) is 51.2 Å². The van der Waals surface area contributed by atoms with Gasteiger partial charge in [0.05, 0.1) is 17.5 Å². The van der Waals surface area contributed by atoms with E-state index in [1.54, 1.807) is 12.1 Å². The lowest BCUT2D eigenvalue weighted by atomic mass is 9.97. The quantitative estimate of drug-likeness (QED) is 0.361.